The van der Waals surface area contributed by atoms with Gasteiger partial charge in [0, 0.05) is 18.1 Å². The van der Waals surface area contributed by atoms with Crippen LogP contribution in [0.5, 0.6) is 0 Å². The molecule has 0 spiro atoms. The summed E-state index contributed by atoms with van der Waals surface area (Å²) in [6, 6.07) is 9.69. The molecule has 0 saturated carbocycles. The maximum Gasteiger partial charge on any atom is 0.307 e. The van der Waals surface area contributed by atoms with Crippen molar-refractivity contribution >= 4 is 18.0 Å². The molecule has 0 bridgehead atoms. The second kappa shape index (κ2) is 8.43. The van der Waals surface area contributed by atoms with Gasteiger partial charge in [-0.25, -0.2) is 0 Å². The molecule has 4 heteroatoms. The van der Waals surface area contributed by atoms with Crippen molar-refractivity contribution in [2.24, 2.45) is 4.99 Å². The third kappa shape index (κ3) is 3.95. The van der Waals surface area contributed by atoms with Gasteiger partial charge in [0.2, 0.25) is 0 Å². The zero-order valence-electron chi connectivity index (χ0n) is 16.2. The number of carbonyl (C=O) groups excluding carboxylic acids is 2. The molecule has 2 atom stereocenters. The van der Waals surface area contributed by atoms with Gasteiger partial charge in [0.15, 0.2) is 5.78 Å². The Kier molecular flexibility index (Phi) is 6.52. The van der Waals surface area contributed by atoms with Gasteiger partial charge in [0.05, 0.1) is 12.5 Å². The average Bonchev–Trinajstić information content (AvgIpc) is 3.11. The Morgan fingerprint density at radius 3 is 2.46 bits per heavy atom. The lowest BCUT2D eigenvalue weighted by molar-refractivity contribution is -0.149. The first-order valence-electron chi connectivity index (χ1n) is 9.37. The number of hydrogen-bond donors (Lipinski definition) is 0. The number of unbranched alkanes of at least 4 members (excludes halogenated alkanes) is 1. The summed E-state index contributed by atoms with van der Waals surface area (Å²) in [6.45, 7) is 7.66. The molecule has 0 amide bonds. The lowest BCUT2D eigenvalue weighted by Crippen LogP contribution is -2.53. The van der Waals surface area contributed by atoms with Gasteiger partial charge in [0.25, 0.3) is 0 Å². The molecule has 0 aliphatic carbocycles. The van der Waals surface area contributed by atoms with Crippen molar-refractivity contribution in [3.05, 3.63) is 48.0 Å². The summed E-state index contributed by atoms with van der Waals surface area (Å²) >= 11 is 0. The van der Waals surface area contributed by atoms with Crippen LogP contribution in [0.25, 0.3) is 0 Å². The Morgan fingerprint density at radius 2 is 1.92 bits per heavy atom. The zero-order chi connectivity index (χ0) is 19.2. The molecule has 4 nitrogen and oxygen atoms in total. The summed E-state index contributed by atoms with van der Waals surface area (Å²) in [5.41, 5.74) is -0.970. The number of ketones is 1. The molecular formula is C22H29NO3. The average molecular weight is 355 g/mol. The highest BCUT2D eigenvalue weighted by Gasteiger charge is 2.54. The van der Waals surface area contributed by atoms with E-state index in [-0.39, 0.29) is 24.3 Å². The predicted molar refractivity (Wildman–Crippen MR) is 105 cm³/mol. The van der Waals surface area contributed by atoms with Crippen molar-refractivity contribution in [1.82, 2.24) is 0 Å². The van der Waals surface area contributed by atoms with E-state index in [2.05, 4.69) is 11.9 Å². The van der Waals surface area contributed by atoms with Crippen LogP contribution in [0.1, 0.15) is 58.9 Å². The second-order valence-corrected chi connectivity index (χ2v) is 7.34. The number of carbonyl (C=O) groups is 2. The first-order chi connectivity index (χ1) is 12.4. The SMILES string of the molecule is CCCCC(=O)C1(C(C)(CC(=O)OC(C)C)c2ccccc2)C=CC=N1. The molecule has 1 aromatic rings. The van der Waals surface area contributed by atoms with E-state index >= 15 is 0 Å². The lowest BCUT2D eigenvalue weighted by Gasteiger charge is -2.42. The Hall–Kier alpha value is -2.23. The number of hydrogen-bond acceptors (Lipinski definition) is 4. The van der Waals surface area contributed by atoms with Crippen molar-refractivity contribution in [2.45, 2.75) is 70.4 Å². The van der Waals surface area contributed by atoms with Gasteiger partial charge in [-0.2, -0.15) is 0 Å². The van der Waals surface area contributed by atoms with Crippen LogP contribution in [0.15, 0.2) is 47.5 Å². The lowest BCUT2D eigenvalue weighted by atomic mass is 9.62. The molecule has 1 aliphatic heterocycles. The Labute approximate surface area is 156 Å². The molecule has 1 aromatic carbocycles. The molecule has 0 radical (unpaired) electrons. The maximum atomic E-state index is 13.2. The quantitative estimate of drug-likeness (QED) is 0.616. The first kappa shape index (κ1) is 20.1. The molecule has 0 N–H and O–H groups in total. The minimum Gasteiger partial charge on any atom is -0.463 e. The Balaban J connectivity index is 2.50. The fourth-order valence-electron chi connectivity index (χ4n) is 3.57. The van der Waals surface area contributed by atoms with E-state index in [1.807, 2.05) is 57.2 Å². The number of benzene rings is 1. The number of Topliss-reactive ketones (excluding diaryl/α,β-unsaturated/α-hetero) is 1. The summed E-state index contributed by atoms with van der Waals surface area (Å²) in [4.78, 5) is 30.4. The predicted octanol–water partition coefficient (Wildman–Crippen LogP) is 4.42. The van der Waals surface area contributed by atoms with Crippen LogP contribution in [-0.4, -0.2) is 29.6 Å². The van der Waals surface area contributed by atoms with Crippen LogP contribution in [0.4, 0.5) is 0 Å². The molecular weight excluding hydrogens is 326 g/mol. The van der Waals surface area contributed by atoms with Gasteiger partial charge in [-0.3, -0.25) is 14.6 Å². The highest BCUT2D eigenvalue weighted by Crippen LogP contribution is 2.45. The van der Waals surface area contributed by atoms with Crippen molar-refractivity contribution < 1.29 is 14.3 Å². The Bertz CT molecular complexity index is 679. The number of rotatable bonds is 9. The van der Waals surface area contributed by atoms with Crippen molar-refractivity contribution in [2.75, 3.05) is 0 Å². The topological polar surface area (TPSA) is 55.7 Å². The number of aliphatic imine (C=N–C) groups is 1. The highest BCUT2D eigenvalue weighted by molar-refractivity contribution is 5.98. The number of allylic oxidation sites excluding steroid dienone is 1. The maximum absolute atomic E-state index is 13.2. The van der Waals surface area contributed by atoms with Crippen molar-refractivity contribution in [3.63, 3.8) is 0 Å². The summed E-state index contributed by atoms with van der Waals surface area (Å²) in [6.07, 6.45) is 7.40. The van der Waals surface area contributed by atoms with E-state index in [0.717, 1.165) is 18.4 Å². The van der Waals surface area contributed by atoms with E-state index in [1.54, 1.807) is 12.3 Å². The molecule has 1 aliphatic rings. The monoisotopic (exact) mass is 355 g/mol. The van der Waals surface area contributed by atoms with E-state index in [9.17, 15) is 9.59 Å². The largest absolute Gasteiger partial charge is 0.463 e. The van der Waals surface area contributed by atoms with E-state index in [1.165, 1.54) is 0 Å². The van der Waals surface area contributed by atoms with Gasteiger partial charge in [-0.15, -0.1) is 0 Å². The third-order valence-corrected chi connectivity index (χ3v) is 5.00. The second-order valence-electron chi connectivity index (χ2n) is 7.34. The van der Waals surface area contributed by atoms with E-state index in [0.29, 0.717) is 6.42 Å². The van der Waals surface area contributed by atoms with Crippen LogP contribution < -0.4 is 0 Å². The van der Waals surface area contributed by atoms with Crippen LogP contribution in [-0.2, 0) is 19.7 Å². The van der Waals surface area contributed by atoms with E-state index < -0.39 is 11.0 Å². The standard InChI is InChI=1S/C22H29NO3/c1-5-6-13-19(24)22(14-10-15-23-22)21(4,16-20(25)26-17(2)3)18-11-8-7-9-12-18/h7-12,14-15,17H,5-6,13,16H2,1-4H3. The molecule has 1 heterocycles. The molecule has 2 rings (SSSR count). The first-order valence-corrected chi connectivity index (χ1v) is 9.37. The highest BCUT2D eigenvalue weighted by atomic mass is 16.5. The normalized spacial score (nSPS) is 21.0. The van der Waals surface area contributed by atoms with Crippen LogP contribution in [0, 0.1) is 0 Å². The van der Waals surface area contributed by atoms with Crippen LogP contribution >= 0.6 is 0 Å². The molecule has 0 saturated heterocycles. The van der Waals surface area contributed by atoms with Gasteiger partial charge >= 0.3 is 5.97 Å². The molecule has 2 unspecified atom stereocenters. The number of ether oxygens (including phenoxy) is 1. The van der Waals surface area contributed by atoms with Crippen LogP contribution in [0.2, 0.25) is 0 Å². The fraction of sp³-hybridized carbons (Fsp3) is 0.500. The Morgan fingerprint density at radius 1 is 1.23 bits per heavy atom. The number of nitrogens with zero attached hydrogens (tertiary/aromatic N) is 1. The van der Waals surface area contributed by atoms with Crippen molar-refractivity contribution in [1.29, 1.82) is 0 Å². The summed E-state index contributed by atoms with van der Waals surface area (Å²) in [5.74, 6) is -0.266. The van der Waals surface area contributed by atoms with Gasteiger partial charge in [0.1, 0.15) is 5.54 Å². The molecule has 0 fully saturated rings. The minimum absolute atomic E-state index is 0.0491. The van der Waals surface area contributed by atoms with E-state index in [4.69, 9.17) is 4.74 Å². The van der Waals surface area contributed by atoms with Crippen molar-refractivity contribution in [3.8, 4) is 0 Å². The summed E-state index contributed by atoms with van der Waals surface area (Å²) in [5, 5.41) is 0. The van der Waals surface area contributed by atoms with Gasteiger partial charge in [-0.05, 0) is 38.0 Å². The summed E-state index contributed by atoms with van der Waals surface area (Å²) in [7, 11) is 0. The zero-order valence-corrected chi connectivity index (χ0v) is 16.2. The third-order valence-electron chi connectivity index (χ3n) is 5.00. The van der Waals surface area contributed by atoms with Crippen LogP contribution in [0.3, 0.4) is 0 Å². The summed E-state index contributed by atoms with van der Waals surface area (Å²) < 4.78 is 5.41. The minimum atomic E-state index is -1.07. The molecule has 26 heavy (non-hydrogen) atoms. The molecule has 0 aromatic heterocycles. The van der Waals surface area contributed by atoms with Gasteiger partial charge < -0.3 is 4.74 Å². The smallest absolute Gasteiger partial charge is 0.307 e. The molecule has 140 valence electrons. The number of esters is 1. The van der Waals surface area contributed by atoms with Gasteiger partial charge in [-0.1, -0.05) is 50.6 Å². The fourth-order valence-corrected chi connectivity index (χ4v) is 3.57.